The fourth-order valence-electron chi connectivity index (χ4n) is 1.05. The van der Waals surface area contributed by atoms with Crippen molar-refractivity contribution in [1.82, 2.24) is 5.32 Å². The highest BCUT2D eigenvalue weighted by Gasteiger charge is 1.98. The molecule has 0 fully saturated rings. The molecule has 76 valence electrons. The molecule has 1 rings (SSSR count). The normalized spacial score (nSPS) is 8.80. The van der Waals surface area contributed by atoms with Crippen LogP contribution in [0.2, 0.25) is 0 Å². The van der Waals surface area contributed by atoms with Crippen molar-refractivity contribution in [2.24, 2.45) is 0 Å². The predicted octanol–water partition coefficient (Wildman–Crippen LogP) is 1.22. The van der Waals surface area contributed by atoms with Crippen molar-refractivity contribution in [3.63, 3.8) is 0 Å². The zero-order chi connectivity index (χ0) is 11.1. The number of aromatic hydroxyl groups is 1. The number of rotatable bonds is 2. The Morgan fingerprint density at radius 1 is 1.47 bits per heavy atom. The third kappa shape index (κ3) is 3.34. The third-order valence-corrected chi connectivity index (χ3v) is 1.85. The molecule has 15 heavy (non-hydrogen) atoms. The molecular weight excluding hydrogens is 188 g/mol. The molecule has 0 spiro atoms. The molecule has 0 saturated heterocycles. The lowest BCUT2D eigenvalue weighted by atomic mass is 10.1. The minimum Gasteiger partial charge on any atom is -0.507 e. The highest BCUT2D eigenvalue weighted by atomic mass is 16.3. The first-order valence-electron chi connectivity index (χ1n) is 4.64. The SMILES string of the molecule is CNCCC#Cc1cc(C#N)ccc1O. The average molecular weight is 200 g/mol. The molecule has 1 aromatic carbocycles. The Kier molecular flexibility index (Phi) is 4.22. The lowest BCUT2D eigenvalue weighted by Crippen LogP contribution is -2.05. The molecule has 0 unspecified atom stereocenters. The van der Waals surface area contributed by atoms with Gasteiger partial charge in [0.1, 0.15) is 5.75 Å². The molecule has 0 aliphatic heterocycles. The summed E-state index contributed by atoms with van der Waals surface area (Å²) < 4.78 is 0. The monoisotopic (exact) mass is 200 g/mol. The van der Waals surface area contributed by atoms with Crippen LogP contribution >= 0.6 is 0 Å². The summed E-state index contributed by atoms with van der Waals surface area (Å²) >= 11 is 0. The molecule has 3 nitrogen and oxygen atoms in total. The number of hydrogen-bond donors (Lipinski definition) is 2. The Morgan fingerprint density at radius 3 is 2.93 bits per heavy atom. The second-order valence-corrected chi connectivity index (χ2v) is 3.00. The first kappa shape index (κ1) is 11.1. The first-order chi connectivity index (χ1) is 7.27. The third-order valence-electron chi connectivity index (χ3n) is 1.85. The van der Waals surface area contributed by atoms with E-state index in [9.17, 15) is 5.11 Å². The fourth-order valence-corrected chi connectivity index (χ4v) is 1.05. The van der Waals surface area contributed by atoms with Crippen LogP contribution in [0.3, 0.4) is 0 Å². The quantitative estimate of drug-likeness (QED) is 0.557. The van der Waals surface area contributed by atoms with Gasteiger partial charge in [-0.1, -0.05) is 11.8 Å². The van der Waals surface area contributed by atoms with Crippen LogP contribution in [0.5, 0.6) is 5.75 Å². The summed E-state index contributed by atoms with van der Waals surface area (Å²) in [6, 6.07) is 6.64. The fraction of sp³-hybridized carbons (Fsp3) is 0.250. The zero-order valence-electron chi connectivity index (χ0n) is 8.54. The summed E-state index contributed by atoms with van der Waals surface area (Å²) in [5, 5.41) is 21.1. The van der Waals surface area contributed by atoms with Crippen molar-refractivity contribution in [3.05, 3.63) is 29.3 Å². The van der Waals surface area contributed by atoms with Crippen LogP contribution < -0.4 is 5.32 Å². The Hall–Kier alpha value is -1.97. The van der Waals surface area contributed by atoms with E-state index in [1.54, 1.807) is 12.1 Å². The van der Waals surface area contributed by atoms with Crippen LogP contribution in [0, 0.1) is 23.2 Å². The number of phenolic OH excluding ortho intramolecular Hbond substituents is 1. The second kappa shape index (κ2) is 5.70. The van der Waals surface area contributed by atoms with Crippen LogP contribution in [0.25, 0.3) is 0 Å². The van der Waals surface area contributed by atoms with Crippen LogP contribution in [-0.2, 0) is 0 Å². The molecule has 3 heteroatoms. The summed E-state index contributed by atoms with van der Waals surface area (Å²) in [4.78, 5) is 0. The summed E-state index contributed by atoms with van der Waals surface area (Å²) in [7, 11) is 1.86. The number of hydrogen-bond acceptors (Lipinski definition) is 3. The predicted molar refractivity (Wildman–Crippen MR) is 58.2 cm³/mol. The van der Waals surface area contributed by atoms with Gasteiger partial charge in [-0.15, -0.1) is 0 Å². The van der Waals surface area contributed by atoms with Crippen LogP contribution in [0.4, 0.5) is 0 Å². The minimum absolute atomic E-state index is 0.117. The molecule has 0 heterocycles. The minimum atomic E-state index is 0.117. The Labute approximate surface area is 89.4 Å². The van der Waals surface area contributed by atoms with Gasteiger partial charge in [-0.05, 0) is 25.2 Å². The molecule has 0 aromatic heterocycles. The van der Waals surface area contributed by atoms with Crippen molar-refractivity contribution in [2.45, 2.75) is 6.42 Å². The number of phenols is 1. The van der Waals surface area contributed by atoms with Gasteiger partial charge in [0.05, 0.1) is 17.2 Å². The molecule has 0 aliphatic carbocycles. The average Bonchev–Trinajstić information content (AvgIpc) is 2.26. The summed E-state index contributed by atoms with van der Waals surface area (Å²) in [6.45, 7) is 0.811. The highest BCUT2D eigenvalue weighted by Crippen LogP contribution is 2.16. The lowest BCUT2D eigenvalue weighted by molar-refractivity contribution is 0.473. The summed E-state index contributed by atoms with van der Waals surface area (Å²) in [5.74, 6) is 5.86. The van der Waals surface area contributed by atoms with E-state index in [2.05, 4.69) is 17.2 Å². The van der Waals surface area contributed by atoms with E-state index < -0.39 is 0 Å². The van der Waals surface area contributed by atoms with Gasteiger partial charge in [-0.3, -0.25) is 0 Å². The van der Waals surface area contributed by atoms with E-state index >= 15 is 0 Å². The van der Waals surface area contributed by atoms with E-state index in [0.29, 0.717) is 17.5 Å². The molecule has 1 aromatic rings. The van der Waals surface area contributed by atoms with E-state index in [0.717, 1.165) is 6.54 Å². The molecular formula is C12H12N2O. The van der Waals surface area contributed by atoms with Crippen molar-refractivity contribution in [3.8, 4) is 23.7 Å². The molecule has 0 amide bonds. The van der Waals surface area contributed by atoms with Gasteiger partial charge >= 0.3 is 0 Å². The number of nitrogens with one attached hydrogen (secondary N) is 1. The van der Waals surface area contributed by atoms with Crippen molar-refractivity contribution in [1.29, 1.82) is 5.26 Å². The van der Waals surface area contributed by atoms with Gasteiger partial charge in [0.2, 0.25) is 0 Å². The lowest BCUT2D eigenvalue weighted by Gasteiger charge is -1.96. The van der Waals surface area contributed by atoms with Crippen LogP contribution in [0.1, 0.15) is 17.5 Å². The van der Waals surface area contributed by atoms with E-state index in [4.69, 9.17) is 5.26 Å². The van der Waals surface area contributed by atoms with E-state index in [1.807, 2.05) is 13.1 Å². The highest BCUT2D eigenvalue weighted by molar-refractivity contribution is 5.49. The summed E-state index contributed by atoms with van der Waals surface area (Å²) in [5.41, 5.74) is 1.01. The molecule has 0 atom stereocenters. The topological polar surface area (TPSA) is 56.0 Å². The molecule has 0 saturated carbocycles. The van der Waals surface area contributed by atoms with Crippen molar-refractivity contribution in [2.75, 3.05) is 13.6 Å². The zero-order valence-corrected chi connectivity index (χ0v) is 8.54. The van der Waals surface area contributed by atoms with E-state index in [-0.39, 0.29) is 5.75 Å². The smallest absolute Gasteiger partial charge is 0.131 e. The van der Waals surface area contributed by atoms with Gasteiger partial charge in [-0.25, -0.2) is 0 Å². The van der Waals surface area contributed by atoms with Crippen molar-refractivity contribution < 1.29 is 5.11 Å². The maximum Gasteiger partial charge on any atom is 0.131 e. The maximum absolute atomic E-state index is 9.46. The number of nitrogens with zero attached hydrogens (tertiary/aromatic N) is 1. The van der Waals surface area contributed by atoms with Gasteiger partial charge in [0.25, 0.3) is 0 Å². The Morgan fingerprint density at radius 2 is 2.27 bits per heavy atom. The van der Waals surface area contributed by atoms with Gasteiger partial charge < -0.3 is 10.4 Å². The van der Waals surface area contributed by atoms with Crippen LogP contribution in [0.15, 0.2) is 18.2 Å². The largest absolute Gasteiger partial charge is 0.507 e. The number of nitriles is 1. The first-order valence-corrected chi connectivity index (χ1v) is 4.64. The standard InChI is InChI=1S/C12H12N2O/c1-14-7-3-2-4-11-8-10(9-13)5-6-12(11)15/h5-6,8,14-15H,3,7H2,1H3. The number of benzene rings is 1. The molecule has 0 bridgehead atoms. The van der Waals surface area contributed by atoms with Crippen LogP contribution in [-0.4, -0.2) is 18.7 Å². The molecule has 2 N–H and O–H groups in total. The molecule has 0 radical (unpaired) electrons. The van der Waals surface area contributed by atoms with E-state index in [1.165, 1.54) is 6.07 Å². The van der Waals surface area contributed by atoms with Gasteiger partial charge in [0, 0.05) is 13.0 Å². The van der Waals surface area contributed by atoms with Gasteiger partial charge in [-0.2, -0.15) is 5.26 Å². The second-order valence-electron chi connectivity index (χ2n) is 3.00. The summed E-state index contributed by atoms with van der Waals surface area (Å²) in [6.07, 6.45) is 0.715. The molecule has 0 aliphatic rings. The maximum atomic E-state index is 9.46. The van der Waals surface area contributed by atoms with Crippen molar-refractivity contribution >= 4 is 0 Å². The van der Waals surface area contributed by atoms with Gasteiger partial charge in [0.15, 0.2) is 0 Å². The Balaban J connectivity index is 2.83. The Bertz CT molecular complexity index is 435.